The van der Waals surface area contributed by atoms with E-state index >= 15 is 0 Å². The van der Waals surface area contributed by atoms with Crippen LogP contribution in [0.15, 0.2) is 72.3 Å². The van der Waals surface area contributed by atoms with Crippen LogP contribution in [0.1, 0.15) is 32.4 Å². The summed E-state index contributed by atoms with van der Waals surface area (Å²) in [5.74, 6) is 0.634. The number of benzene rings is 2. The van der Waals surface area contributed by atoms with Crippen LogP contribution in [0.25, 0.3) is 0 Å². The van der Waals surface area contributed by atoms with Crippen molar-refractivity contribution in [3.63, 3.8) is 0 Å². The lowest BCUT2D eigenvalue weighted by molar-refractivity contribution is -0.137. The molecule has 188 valence electrons. The van der Waals surface area contributed by atoms with Crippen LogP contribution < -0.4 is 14.8 Å². The highest BCUT2D eigenvalue weighted by Gasteiger charge is 2.22. The first-order chi connectivity index (χ1) is 16.9. The molecule has 0 unspecified atom stereocenters. The molecule has 0 spiro atoms. The summed E-state index contributed by atoms with van der Waals surface area (Å²) in [6, 6.07) is 14.0. The largest absolute Gasteiger partial charge is 0.497 e. The second-order valence-electron chi connectivity index (χ2n) is 7.68. The van der Waals surface area contributed by atoms with Crippen molar-refractivity contribution in [1.82, 2.24) is 0 Å². The molecule has 2 aromatic rings. The number of hydrogen-bond acceptors (Lipinski definition) is 7. The minimum Gasteiger partial charge on any atom is -0.497 e. The van der Waals surface area contributed by atoms with Gasteiger partial charge in [0.05, 0.1) is 20.3 Å². The fourth-order valence-electron chi connectivity index (χ4n) is 3.16. The van der Waals surface area contributed by atoms with Gasteiger partial charge in [-0.25, -0.2) is 9.59 Å². The lowest BCUT2D eigenvalue weighted by atomic mass is 9.96. The number of carbonyl (C=O) groups is 2. The van der Waals surface area contributed by atoms with E-state index in [1.54, 1.807) is 63.4 Å². The van der Waals surface area contributed by atoms with E-state index in [9.17, 15) is 9.59 Å². The van der Waals surface area contributed by atoms with Gasteiger partial charge in [-0.1, -0.05) is 31.2 Å². The van der Waals surface area contributed by atoms with Gasteiger partial charge in [0, 0.05) is 17.7 Å². The highest BCUT2D eigenvalue weighted by Crippen LogP contribution is 2.30. The number of esters is 1. The third-order valence-electron chi connectivity index (χ3n) is 4.91. The molecule has 35 heavy (non-hydrogen) atoms. The number of aliphatic hydroxyl groups excluding tert-OH is 1. The minimum atomic E-state index is -0.619. The Labute approximate surface area is 206 Å². The minimum absolute atomic E-state index is 0.0838. The summed E-state index contributed by atoms with van der Waals surface area (Å²) in [6.07, 6.45) is 3.84. The molecule has 0 aliphatic carbocycles. The number of anilines is 1. The van der Waals surface area contributed by atoms with Crippen molar-refractivity contribution in [1.29, 1.82) is 0 Å². The Morgan fingerprint density at radius 3 is 2.31 bits per heavy atom. The highest BCUT2D eigenvalue weighted by molar-refractivity contribution is 5.85. The number of carbonyl (C=O) groups excluding carboxylic acids is 2. The molecule has 2 rings (SSSR count). The molecule has 0 bridgehead atoms. The number of hydrogen-bond donors (Lipinski definition) is 2. The molecule has 8 heteroatoms. The molecule has 0 saturated carbocycles. The quantitative estimate of drug-likeness (QED) is 0.247. The number of amides is 1. The van der Waals surface area contributed by atoms with E-state index in [0.717, 1.165) is 5.56 Å². The Balaban J connectivity index is 2.19. The maximum atomic E-state index is 12.7. The molecule has 0 aliphatic rings. The second-order valence-corrected chi connectivity index (χ2v) is 7.68. The van der Waals surface area contributed by atoms with E-state index < -0.39 is 18.2 Å². The van der Waals surface area contributed by atoms with E-state index in [2.05, 4.69) is 5.32 Å². The number of nitrogens with one attached hydrogen (secondary N) is 1. The normalized spacial score (nSPS) is 13.1. The Bertz CT molecular complexity index is 997. The van der Waals surface area contributed by atoms with Gasteiger partial charge in [0.15, 0.2) is 0 Å². The first-order valence-electron chi connectivity index (χ1n) is 11.3. The van der Waals surface area contributed by atoms with Crippen molar-refractivity contribution in [2.75, 3.05) is 32.2 Å². The van der Waals surface area contributed by atoms with Crippen molar-refractivity contribution in [2.45, 2.75) is 26.9 Å². The van der Waals surface area contributed by atoms with Crippen LogP contribution in [0.5, 0.6) is 11.5 Å². The Hall–Kier alpha value is -3.78. The van der Waals surface area contributed by atoms with Crippen LogP contribution in [-0.2, 0) is 14.3 Å². The zero-order valence-electron chi connectivity index (χ0n) is 20.5. The van der Waals surface area contributed by atoms with Gasteiger partial charge in [-0.05, 0) is 61.4 Å². The maximum Gasteiger partial charge on any atom is 0.412 e. The third-order valence-corrected chi connectivity index (χ3v) is 4.91. The summed E-state index contributed by atoms with van der Waals surface area (Å²) < 4.78 is 21.3. The molecule has 2 N–H and O–H groups in total. The third kappa shape index (κ3) is 9.54. The Kier molecular flexibility index (Phi) is 11.4. The summed E-state index contributed by atoms with van der Waals surface area (Å²) in [6.45, 7) is 5.86. The van der Waals surface area contributed by atoms with Crippen molar-refractivity contribution in [3.05, 3.63) is 77.9 Å². The Morgan fingerprint density at radius 2 is 1.71 bits per heavy atom. The van der Waals surface area contributed by atoms with Crippen molar-refractivity contribution in [3.8, 4) is 11.5 Å². The molecule has 0 aliphatic heterocycles. The molecule has 0 radical (unpaired) electrons. The zero-order valence-corrected chi connectivity index (χ0v) is 20.5. The van der Waals surface area contributed by atoms with Crippen LogP contribution in [0.4, 0.5) is 10.5 Å². The molecule has 0 aromatic heterocycles. The molecule has 2 aromatic carbocycles. The molecule has 1 amide bonds. The van der Waals surface area contributed by atoms with E-state index in [-0.39, 0.29) is 19.1 Å². The molecular weight excluding hydrogens is 450 g/mol. The fraction of sp³-hybridized carbons (Fsp3) is 0.333. The first kappa shape index (κ1) is 27.5. The van der Waals surface area contributed by atoms with Gasteiger partial charge in [0.2, 0.25) is 0 Å². The van der Waals surface area contributed by atoms with Crippen molar-refractivity contribution >= 4 is 17.7 Å². The van der Waals surface area contributed by atoms with Crippen molar-refractivity contribution < 1.29 is 33.6 Å². The average Bonchev–Trinajstić information content (AvgIpc) is 2.85. The van der Waals surface area contributed by atoms with E-state index in [0.29, 0.717) is 29.4 Å². The van der Waals surface area contributed by atoms with Crippen LogP contribution in [0.2, 0.25) is 0 Å². The van der Waals surface area contributed by atoms with Crippen LogP contribution in [-0.4, -0.2) is 44.1 Å². The van der Waals surface area contributed by atoms with E-state index in [1.807, 2.05) is 25.1 Å². The monoisotopic (exact) mass is 483 g/mol. The summed E-state index contributed by atoms with van der Waals surface area (Å²) in [4.78, 5) is 24.4. The number of ether oxygens (including phenoxy) is 4. The summed E-state index contributed by atoms with van der Waals surface area (Å²) in [5, 5.41) is 11.7. The molecule has 2 atom stereocenters. The van der Waals surface area contributed by atoms with E-state index in [4.69, 9.17) is 24.1 Å². The van der Waals surface area contributed by atoms with Gasteiger partial charge in [-0.2, -0.15) is 0 Å². The summed E-state index contributed by atoms with van der Waals surface area (Å²) in [7, 11) is 1.57. The molecule has 0 fully saturated rings. The van der Waals surface area contributed by atoms with Crippen LogP contribution in [0, 0.1) is 5.92 Å². The lowest BCUT2D eigenvalue weighted by Gasteiger charge is -2.23. The topological polar surface area (TPSA) is 103 Å². The van der Waals surface area contributed by atoms with Gasteiger partial charge < -0.3 is 24.1 Å². The van der Waals surface area contributed by atoms with Crippen LogP contribution in [0.3, 0.4) is 0 Å². The number of allylic oxidation sites excluding steroid dienone is 2. The van der Waals surface area contributed by atoms with E-state index in [1.165, 1.54) is 6.08 Å². The number of aliphatic hydroxyl groups is 1. The SMILES string of the molecule is CCOC(=O)/C=C(C)/C=C/[C@H](C)[C@H](OC(=O)Nc1ccc(OC)cc1)c1ccc(OCCO)cc1. The van der Waals surface area contributed by atoms with Gasteiger partial charge in [-0.3, -0.25) is 5.32 Å². The standard InChI is InChI=1S/C27H33NO7/c1-5-33-25(30)18-19(2)6-7-20(3)26(21-8-12-24(13-9-21)34-17-16-29)35-27(31)28-22-10-14-23(32-4)15-11-22/h6-15,18,20,26,29H,5,16-17H2,1-4H3,(H,28,31)/b7-6+,19-18+/t20-,26-/m0/s1. The van der Waals surface area contributed by atoms with Gasteiger partial charge in [0.1, 0.15) is 24.2 Å². The van der Waals surface area contributed by atoms with Gasteiger partial charge in [0.25, 0.3) is 0 Å². The molecular formula is C27H33NO7. The van der Waals surface area contributed by atoms with Gasteiger partial charge >= 0.3 is 12.1 Å². The summed E-state index contributed by atoms with van der Waals surface area (Å²) in [5.41, 5.74) is 2.04. The second kappa shape index (κ2) is 14.5. The fourth-order valence-corrected chi connectivity index (χ4v) is 3.16. The van der Waals surface area contributed by atoms with Gasteiger partial charge in [-0.15, -0.1) is 0 Å². The predicted octanol–water partition coefficient (Wildman–Crippen LogP) is 5.06. The molecule has 0 saturated heterocycles. The average molecular weight is 484 g/mol. The highest BCUT2D eigenvalue weighted by atomic mass is 16.6. The summed E-state index contributed by atoms with van der Waals surface area (Å²) >= 11 is 0. The lowest BCUT2D eigenvalue weighted by Crippen LogP contribution is -2.21. The first-order valence-corrected chi connectivity index (χ1v) is 11.3. The predicted molar refractivity (Wildman–Crippen MR) is 134 cm³/mol. The molecule has 8 nitrogen and oxygen atoms in total. The zero-order chi connectivity index (χ0) is 25.6. The van der Waals surface area contributed by atoms with Crippen LogP contribution >= 0.6 is 0 Å². The number of rotatable bonds is 12. The smallest absolute Gasteiger partial charge is 0.412 e. The number of methoxy groups -OCH3 is 1. The maximum absolute atomic E-state index is 12.7. The van der Waals surface area contributed by atoms with Crippen molar-refractivity contribution in [2.24, 2.45) is 5.92 Å². The molecule has 0 heterocycles. The Morgan fingerprint density at radius 1 is 1.06 bits per heavy atom.